The van der Waals surface area contributed by atoms with Crippen LogP contribution in [0, 0.1) is 4.84 Å². The maximum absolute atomic E-state index is 11.9. The molecule has 1 saturated heterocycles. The van der Waals surface area contributed by atoms with Gasteiger partial charge in [-0.2, -0.15) is 0 Å². The molecule has 1 aliphatic rings. The number of hydrogen-bond donors (Lipinski definition) is 0. The molecule has 0 spiro atoms. The van der Waals surface area contributed by atoms with E-state index in [4.69, 9.17) is 16.6 Å². The summed E-state index contributed by atoms with van der Waals surface area (Å²) in [4.78, 5) is 2.46. The second kappa shape index (κ2) is 8.33. The molecule has 26 heavy (non-hydrogen) atoms. The summed E-state index contributed by atoms with van der Waals surface area (Å²) in [5.41, 5.74) is 0.841. The fourth-order valence-electron chi connectivity index (χ4n) is 3.10. The minimum absolute atomic E-state index is 0.0134. The molecule has 3 rings (SSSR count). The molecule has 0 bridgehead atoms. The van der Waals surface area contributed by atoms with Gasteiger partial charge in [0.25, 0.3) is 4.84 Å². The second-order valence-electron chi connectivity index (χ2n) is 6.55. The summed E-state index contributed by atoms with van der Waals surface area (Å²) in [6.45, 7) is 3.38. The van der Waals surface area contributed by atoms with Gasteiger partial charge in [0.2, 0.25) is 5.89 Å². The van der Waals surface area contributed by atoms with Crippen LogP contribution in [0.1, 0.15) is 26.2 Å². The monoisotopic (exact) mass is 459 g/mol. The number of unbranched alkanes of at least 4 members (excludes halogenated alkanes) is 1. The molecule has 1 aliphatic heterocycles. The van der Waals surface area contributed by atoms with E-state index in [9.17, 15) is 8.42 Å². The molecule has 0 radical (unpaired) electrons. The highest BCUT2D eigenvalue weighted by atomic mass is 79.9. The van der Waals surface area contributed by atoms with Crippen molar-refractivity contribution in [3.05, 3.63) is 33.6 Å². The second-order valence-corrected chi connectivity index (χ2v) is 10.0. The van der Waals surface area contributed by atoms with Crippen LogP contribution in [0.25, 0.3) is 11.5 Å². The van der Waals surface area contributed by atoms with Gasteiger partial charge in [-0.25, -0.2) is 13.1 Å². The summed E-state index contributed by atoms with van der Waals surface area (Å²) in [5.74, 6) is 0.930. The molecule has 0 saturated carbocycles. The van der Waals surface area contributed by atoms with Gasteiger partial charge in [-0.15, -0.1) is 5.10 Å². The Hall–Kier alpha value is -1.03. The summed E-state index contributed by atoms with van der Waals surface area (Å²) in [6.07, 6.45) is 2.71. The summed E-state index contributed by atoms with van der Waals surface area (Å²) in [6, 6.07) is 7.69. The number of halogens is 1. The molecule has 1 aromatic carbocycles. The minimum Gasteiger partial charge on any atom is -0.409 e. The van der Waals surface area contributed by atoms with Crippen LogP contribution in [0.5, 0.6) is 0 Å². The Bertz CT molecular complexity index is 923. The average molecular weight is 460 g/mol. The lowest BCUT2D eigenvalue weighted by molar-refractivity contribution is 0.151. The van der Waals surface area contributed by atoms with Crippen LogP contribution >= 0.6 is 28.1 Å². The summed E-state index contributed by atoms with van der Waals surface area (Å²) >= 11 is 8.77. The highest BCUT2D eigenvalue weighted by molar-refractivity contribution is 9.10. The van der Waals surface area contributed by atoms with Gasteiger partial charge in [-0.1, -0.05) is 35.3 Å². The Labute approximate surface area is 167 Å². The molecule has 0 aliphatic carbocycles. The van der Waals surface area contributed by atoms with E-state index in [1.165, 1.54) is 0 Å². The van der Waals surface area contributed by atoms with Crippen LogP contribution in [0.2, 0.25) is 0 Å². The van der Waals surface area contributed by atoms with Gasteiger partial charge in [0.15, 0.2) is 9.84 Å². The molecule has 1 fully saturated rings. The lowest BCUT2D eigenvalue weighted by atomic mass is 10.2. The van der Waals surface area contributed by atoms with E-state index in [0.29, 0.717) is 23.8 Å². The highest BCUT2D eigenvalue weighted by Crippen LogP contribution is 2.23. The first-order chi connectivity index (χ1) is 12.4. The molecule has 0 amide bonds. The van der Waals surface area contributed by atoms with Crippen molar-refractivity contribution in [2.45, 2.75) is 38.9 Å². The summed E-state index contributed by atoms with van der Waals surface area (Å²) in [5, 5.41) is 4.51. The van der Waals surface area contributed by atoms with Crippen LogP contribution in [0.4, 0.5) is 0 Å². The molecule has 0 unspecified atom stereocenters. The maximum atomic E-state index is 11.9. The number of hydrogen-bond acceptors (Lipinski definition) is 6. The van der Waals surface area contributed by atoms with E-state index in [1.807, 2.05) is 24.3 Å². The van der Waals surface area contributed by atoms with Crippen molar-refractivity contribution >= 4 is 38.0 Å². The van der Waals surface area contributed by atoms with E-state index in [1.54, 1.807) is 4.68 Å². The Balaban J connectivity index is 1.81. The molecule has 1 atom stereocenters. The first kappa shape index (κ1) is 19.7. The van der Waals surface area contributed by atoms with Crippen molar-refractivity contribution in [1.29, 1.82) is 0 Å². The largest absolute Gasteiger partial charge is 0.409 e. The Morgan fingerprint density at radius 1 is 1.46 bits per heavy atom. The minimum atomic E-state index is -2.94. The molecule has 2 aromatic rings. The zero-order chi connectivity index (χ0) is 18.7. The average Bonchev–Trinajstić information content (AvgIpc) is 3.14. The summed E-state index contributed by atoms with van der Waals surface area (Å²) in [7, 11) is -2.94. The van der Waals surface area contributed by atoms with E-state index in [-0.39, 0.29) is 17.5 Å². The number of benzene rings is 1. The van der Waals surface area contributed by atoms with Gasteiger partial charge in [0.05, 0.1) is 18.2 Å². The lowest BCUT2D eigenvalue weighted by Crippen LogP contribution is -2.38. The standard InChI is InChI=1S/C17H22BrN3O3S2/c1-2-3-8-20(15-7-9-26(22,23)11-15)12-21-17(25)24-16(19-21)13-5-4-6-14(18)10-13/h4-6,10,15H,2-3,7-9,11-12H2,1H3/t15-/m0/s1. The number of rotatable bonds is 7. The third-order valence-electron chi connectivity index (χ3n) is 4.52. The van der Waals surface area contributed by atoms with Crippen molar-refractivity contribution in [3.63, 3.8) is 0 Å². The highest BCUT2D eigenvalue weighted by Gasteiger charge is 2.32. The molecule has 2 heterocycles. The Morgan fingerprint density at radius 2 is 2.27 bits per heavy atom. The van der Waals surface area contributed by atoms with E-state index < -0.39 is 9.84 Å². The van der Waals surface area contributed by atoms with Crippen LogP contribution < -0.4 is 0 Å². The zero-order valence-electron chi connectivity index (χ0n) is 14.6. The Morgan fingerprint density at radius 3 is 2.92 bits per heavy atom. The van der Waals surface area contributed by atoms with Crippen molar-refractivity contribution in [3.8, 4) is 11.5 Å². The molecule has 142 valence electrons. The molecule has 0 N–H and O–H groups in total. The topological polar surface area (TPSA) is 68.3 Å². The predicted molar refractivity (Wildman–Crippen MR) is 107 cm³/mol. The van der Waals surface area contributed by atoms with Crippen LogP contribution in [-0.2, 0) is 16.5 Å². The fourth-order valence-corrected chi connectivity index (χ4v) is 5.44. The van der Waals surface area contributed by atoms with Gasteiger partial charge < -0.3 is 4.42 Å². The van der Waals surface area contributed by atoms with Crippen LogP contribution in [0.3, 0.4) is 0 Å². The first-order valence-electron chi connectivity index (χ1n) is 8.66. The quantitative estimate of drug-likeness (QED) is 0.585. The maximum Gasteiger partial charge on any atom is 0.288 e. The lowest BCUT2D eigenvalue weighted by Gasteiger charge is -2.27. The van der Waals surface area contributed by atoms with Gasteiger partial charge in [0, 0.05) is 22.6 Å². The molecule has 9 heteroatoms. The normalized spacial score (nSPS) is 19.3. The smallest absolute Gasteiger partial charge is 0.288 e. The van der Waals surface area contributed by atoms with Gasteiger partial charge >= 0.3 is 0 Å². The number of sulfone groups is 1. The van der Waals surface area contributed by atoms with E-state index in [2.05, 4.69) is 32.9 Å². The van der Waals surface area contributed by atoms with Crippen molar-refractivity contribution in [2.75, 3.05) is 18.1 Å². The van der Waals surface area contributed by atoms with Crippen molar-refractivity contribution in [2.24, 2.45) is 0 Å². The van der Waals surface area contributed by atoms with Gasteiger partial charge in [-0.3, -0.25) is 4.90 Å². The van der Waals surface area contributed by atoms with E-state index in [0.717, 1.165) is 29.4 Å². The van der Waals surface area contributed by atoms with Crippen molar-refractivity contribution < 1.29 is 12.8 Å². The summed E-state index contributed by atoms with van der Waals surface area (Å²) < 4.78 is 32.0. The van der Waals surface area contributed by atoms with Crippen molar-refractivity contribution in [1.82, 2.24) is 14.7 Å². The third kappa shape index (κ3) is 4.82. The molecule has 1 aromatic heterocycles. The zero-order valence-corrected chi connectivity index (χ0v) is 17.8. The number of nitrogens with zero attached hydrogens (tertiary/aromatic N) is 3. The van der Waals surface area contributed by atoms with Gasteiger partial charge in [0.1, 0.15) is 0 Å². The first-order valence-corrected chi connectivity index (χ1v) is 11.7. The Kier molecular flexibility index (Phi) is 6.32. The molecular formula is C17H22BrN3O3S2. The third-order valence-corrected chi connectivity index (χ3v) is 7.05. The number of aromatic nitrogens is 2. The van der Waals surface area contributed by atoms with Crippen LogP contribution in [-0.4, -0.2) is 47.2 Å². The fraction of sp³-hybridized carbons (Fsp3) is 0.529. The van der Waals surface area contributed by atoms with Gasteiger partial charge in [-0.05, 0) is 43.3 Å². The molecule has 6 nitrogen and oxygen atoms in total. The predicted octanol–water partition coefficient (Wildman–Crippen LogP) is 3.88. The van der Waals surface area contributed by atoms with E-state index >= 15 is 0 Å². The SMILES string of the molecule is CCCCN(Cn1nc(-c2cccc(Br)c2)oc1=S)[C@H]1CCS(=O)(=O)C1. The molecular weight excluding hydrogens is 438 g/mol. The van der Waals surface area contributed by atoms with Crippen LogP contribution in [0.15, 0.2) is 33.2 Å².